The normalized spacial score (nSPS) is 20.8. The van der Waals surface area contributed by atoms with Gasteiger partial charge in [-0.1, -0.05) is 49.4 Å². The first-order chi connectivity index (χ1) is 13.4. The van der Waals surface area contributed by atoms with Crippen molar-refractivity contribution in [3.63, 3.8) is 0 Å². The molecule has 2 atom stereocenters. The molecule has 3 rings (SSSR count). The first kappa shape index (κ1) is 20.4. The number of sulfonamides is 1. The minimum absolute atomic E-state index is 0.123. The van der Waals surface area contributed by atoms with E-state index in [1.165, 1.54) is 17.7 Å². The molecule has 0 amide bonds. The molecule has 1 aliphatic rings. The van der Waals surface area contributed by atoms with Crippen molar-refractivity contribution in [3.8, 4) is 0 Å². The Labute approximate surface area is 167 Å². The van der Waals surface area contributed by atoms with E-state index in [1.807, 2.05) is 0 Å². The fourth-order valence-electron chi connectivity index (χ4n) is 3.84. The van der Waals surface area contributed by atoms with Gasteiger partial charge in [0.2, 0.25) is 10.0 Å². The van der Waals surface area contributed by atoms with Crippen LogP contribution in [-0.2, 0) is 16.6 Å². The predicted molar refractivity (Wildman–Crippen MR) is 113 cm³/mol. The molecular formula is C21H28N4O2S. The number of nitrogens with one attached hydrogen (secondary N) is 1. The van der Waals surface area contributed by atoms with Gasteiger partial charge in [-0.25, -0.2) is 13.6 Å². The highest BCUT2D eigenvalue weighted by molar-refractivity contribution is 7.89. The lowest BCUT2D eigenvalue weighted by Gasteiger charge is -2.39. The average Bonchev–Trinajstić information content (AvgIpc) is 2.69. The highest BCUT2D eigenvalue weighted by atomic mass is 32.2. The quantitative estimate of drug-likeness (QED) is 0.610. The van der Waals surface area contributed by atoms with Gasteiger partial charge < -0.3 is 10.2 Å². The monoisotopic (exact) mass is 400 g/mol. The van der Waals surface area contributed by atoms with Gasteiger partial charge in [0.05, 0.1) is 4.90 Å². The Hall–Kier alpha value is -2.38. The number of primary sulfonamides is 1. The Morgan fingerprint density at radius 2 is 1.86 bits per heavy atom. The van der Waals surface area contributed by atoms with Crippen molar-refractivity contribution < 1.29 is 8.42 Å². The van der Waals surface area contributed by atoms with E-state index in [2.05, 4.69) is 52.5 Å². The lowest BCUT2D eigenvalue weighted by molar-refractivity contribution is 0.234. The van der Waals surface area contributed by atoms with Crippen molar-refractivity contribution >= 4 is 16.0 Å². The van der Waals surface area contributed by atoms with E-state index in [0.29, 0.717) is 18.4 Å². The molecule has 0 aliphatic carbocycles. The maximum atomic E-state index is 11.4. The van der Waals surface area contributed by atoms with Crippen LogP contribution in [0.25, 0.3) is 0 Å². The van der Waals surface area contributed by atoms with Crippen LogP contribution in [0.15, 0.2) is 64.5 Å². The van der Waals surface area contributed by atoms with Crippen LogP contribution in [0.5, 0.6) is 0 Å². The molecule has 0 bridgehead atoms. The van der Waals surface area contributed by atoms with Crippen molar-refractivity contribution in [1.29, 1.82) is 0 Å². The Balaban J connectivity index is 1.59. The summed E-state index contributed by atoms with van der Waals surface area (Å²) in [5.41, 5.74) is 2.38. The third-order valence-corrected chi connectivity index (χ3v) is 6.28. The zero-order chi connectivity index (χ0) is 20.1. The standard InChI is InChI=1S/C21H28N4O2S/c1-16-15-25(13-12-20(16)18-6-4-3-5-7-18)21(23-2)24-14-17-8-10-19(11-9-17)28(22,26)27/h3-11,16,20H,12-15H2,1-2H3,(H,23,24)(H2,22,26,27). The number of piperidine rings is 1. The number of guanidine groups is 1. The molecule has 0 aromatic heterocycles. The number of hydrogen-bond acceptors (Lipinski definition) is 3. The number of benzene rings is 2. The fraction of sp³-hybridized carbons (Fsp3) is 0.381. The van der Waals surface area contributed by atoms with Crippen LogP contribution in [0.1, 0.15) is 30.4 Å². The van der Waals surface area contributed by atoms with Crippen LogP contribution in [0, 0.1) is 5.92 Å². The van der Waals surface area contributed by atoms with Crippen molar-refractivity contribution in [3.05, 3.63) is 65.7 Å². The molecule has 7 heteroatoms. The van der Waals surface area contributed by atoms with Gasteiger partial charge in [-0.2, -0.15) is 0 Å². The fourth-order valence-corrected chi connectivity index (χ4v) is 4.36. The molecule has 2 aromatic rings. The van der Waals surface area contributed by atoms with E-state index >= 15 is 0 Å². The molecule has 2 aromatic carbocycles. The van der Waals surface area contributed by atoms with Gasteiger partial charge in [0.25, 0.3) is 0 Å². The van der Waals surface area contributed by atoms with Gasteiger partial charge >= 0.3 is 0 Å². The number of aliphatic imine (C=N–C) groups is 1. The van der Waals surface area contributed by atoms with Crippen LogP contribution < -0.4 is 10.5 Å². The molecular weight excluding hydrogens is 372 g/mol. The van der Waals surface area contributed by atoms with E-state index in [-0.39, 0.29) is 4.90 Å². The lowest BCUT2D eigenvalue weighted by atomic mass is 9.82. The molecule has 1 saturated heterocycles. The van der Waals surface area contributed by atoms with Crippen LogP contribution in [0.2, 0.25) is 0 Å². The molecule has 2 unspecified atom stereocenters. The summed E-state index contributed by atoms with van der Waals surface area (Å²) in [4.78, 5) is 6.85. The first-order valence-electron chi connectivity index (χ1n) is 9.51. The number of hydrogen-bond donors (Lipinski definition) is 2. The van der Waals surface area contributed by atoms with E-state index < -0.39 is 10.0 Å². The Morgan fingerprint density at radius 1 is 1.18 bits per heavy atom. The maximum absolute atomic E-state index is 11.4. The Bertz CT molecular complexity index is 911. The summed E-state index contributed by atoms with van der Waals surface area (Å²) in [6.07, 6.45) is 1.09. The van der Waals surface area contributed by atoms with E-state index in [9.17, 15) is 8.42 Å². The molecule has 28 heavy (non-hydrogen) atoms. The zero-order valence-electron chi connectivity index (χ0n) is 16.4. The second kappa shape index (κ2) is 8.75. The van der Waals surface area contributed by atoms with Crippen LogP contribution in [0.3, 0.4) is 0 Å². The predicted octanol–water partition coefficient (Wildman–Crippen LogP) is 2.54. The SMILES string of the molecule is CN=C(NCc1ccc(S(N)(=O)=O)cc1)N1CCC(c2ccccc2)C(C)C1. The van der Waals surface area contributed by atoms with Gasteiger partial charge in [-0.05, 0) is 41.5 Å². The highest BCUT2D eigenvalue weighted by Crippen LogP contribution is 2.32. The number of nitrogens with two attached hydrogens (primary N) is 1. The molecule has 1 heterocycles. The number of nitrogens with zero attached hydrogens (tertiary/aromatic N) is 2. The highest BCUT2D eigenvalue weighted by Gasteiger charge is 2.28. The molecule has 1 fully saturated rings. The summed E-state index contributed by atoms with van der Waals surface area (Å²) in [6, 6.07) is 17.3. The van der Waals surface area contributed by atoms with E-state index in [0.717, 1.165) is 31.0 Å². The van der Waals surface area contributed by atoms with Crippen molar-refractivity contribution in [1.82, 2.24) is 10.2 Å². The van der Waals surface area contributed by atoms with Gasteiger partial charge in [0.15, 0.2) is 5.96 Å². The zero-order valence-corrected chi connectivity index (χ0v) is 17.2. The van der Waals surface area contributed by atoms with Gasteiger partial charge in [-0.3, -0.25) is 4.99 Å². The average molecular weight is 401 g/mol. The summed E-state index contributed by atoms with van der Waals surface area (Å²) in [6.45, 7) is 4.77. The Kier molecular flexibility index (Phi) is 6.36. The molecule has 0 saturated carbocycles. The molecule has 3 N–H and O–H groups in total. The minimum Gasteiger partial charge on any atom is -0.352 e. The third kappa shape index (κ3) is 4.91. The molecule has 150 valence electrons. The second-order valence-corrected chi connectivity index (χ2v) is 8.88. The van der Waals surface area contributed by atoms with Crippen LogP contribution in [0.4, 0.5) is 0 Å². The van der Waals surface area contributed by atoms with Crippen molar-refractivity contribution in [2.24, 2.45) is 16.0 Å². The van der Waals surface area contributed by atoms with Crippen molar-refractivity contribution in [2.75, 3.05) is 20.1 Å². The third-order valence-electron chi connectivity index (χ3n) is 5.35. The number of likely N-dealkylation sites (tertiary alicyclic amines) is 1. The Morgan fingerprint density at radius 3 is 2.43 bits per heavy atom. The molecule has 6 nitrogen and oxygen atoms in total. The molecule has 0 spiro atoms. The smallest absolute Gasteiger partial charge is 0.238 e. The summed E-state index contributed by atoms with van der Waals surface area (Å²) in [5.74, 6) is 1.97. The summed E-state index contributed by atoms with van der Waals surface area (Å²) in [5, 5.41) is 8.53. The van der Waals surface area contributed by atoms with Crippen molar-refractivity contribution in [2.45, 2.75) is 30.7 Å². The minimum atomic E-state index is -3.66. The van der Waals surface area contributed by atoms with Crippen LogP contribution >= 0.6 is 0 Å². The topological polar surface area (TPSA) is 87.8 Å². The van der Waals surface area contributed by atoms with Gasteiger partial charge in [0, 0.05) is 26.7 Å². The lowest BCUT2D eigenvalue weighted by Crippen LogP contribution is -2.47. The summed E-state index contributed by atoms with van der Waals surface area (Å²) < 4.78 is 22.7. The second-order valence-electron chi connectivity index (χ2n) is 7.32. The van der Waals surface area contributed by atoms with E-state index in [4.69, 9.17) is 5.14 Å². The largest absolute Gasteiger partial charge is 0.352 e. The van der Waals surface area contributed by atoms with Gasteiger partial charge in [-0.15, -0.1) is 0 Å². The first-order valence-corrected chi connectivity index (χ1v) is 11.1. The molecule has 1 aliphatic heterocycles. The van der Waals surface area contributed by atoms with Crippen LogP contribution in [-0.4, -0.2) is 39.4 Å². The summed E-state index contributed by atoms with van der Waals surface area (Å²) >= 11 is 0. The number of rotatable bonds is 4. The molecule has 0 radical (unpaired) electrons. The maximum Gasteiger partial charge on any atom is 0.238 e. The van der Waals surface area contributed by atoms with Gasteiger partial charge in [0.1, 0.15) is 0 Å². The summed E-state index contributed by atoms with van der Waals surface area (Å²) in [7, 11) is -1.87. The van der Waals surface area contributed by atoms with E-state index in [1.54, 1.807) is 19.2 Å².